The number of hydrogen-bond acceptors (Lipinski definition) is 3. The van der Waals surface area contributed by atoms with Crippen molar-refractivity contribution in [2.45, 2.75) is 38.6 Å². The fourth-order valence-electron chi connectivity index (χ4n) is 2.64. The molecular formula is C15H18N2O2. The van der Waals surface area contributed by atoms with Crippen LogP contribution in [0.5, 0.6) is 0 Å². The zero-order valence-electron chi connectivity index (χ0n) is 11.0. The van der Waals surface area contributed by atoms with Crippen molar-refractivity contribution in [1.29, 1.82) is 5.26 Å². The first kappa shape index (κ1) is 13.4. The Hall–Kier alpha value is -2.02. The summed E-state index contributed by atoms with van der Waals surface area (Å²) < 4.78 is 0. The largest absolute Gasteiger partial charge is 0.481 e. The highest BCUT2D eigenvalue weighted by molar-refractivity contribution is 5.70. The van der Waals surface area contributed by atoms with Gasteiger partial charge in [-0.1, -0.05) is 12.1 Å². The molecule has 0 heterocycles. The van der Waals surface area contributed by atoms with E-state index in [0.29, 0.717) is 18.4 Å². The molecule has 1 aromatic rings. The summed E-state index contributed by atoms with van der Waals surface area (Å²) in [6, 6.07) is 8.12. The maximum Gasteiger partial charge on any atom is 0.306 e. The Bertz CT molecular complexity index is 511. The van der Waals surface area contributed by atoms with Gasteiger partial charge in [0.15, 0.2) is 0 Å². The van der Waals surface area contributed by atoms with Crippen LogP contribution in [0.1, 0.15) is 36.8 Å². The molecule has 1 aliphatic carbocycles. The van der Waals surface area contributed by atoms with Crippen molar-refractivity contribution >= 4 is 11.7 Å². The Morgan fingerprint density at radius 3 is 2.63 bits per heavy atom. The third-order valence-electron chi connectivity index (χ3n) is 3.82. The van der Waals surface area contributed by atoms with Gasteiger partial charge in [0, 0.05) is 6.04 Å². The zero-order valence-corrected chi connectivity index (χ0v) is 11.0. The number of nitrogens with zero attached hydrogens (tertiary/aromatic N) is 1. The van der Waals surface area contributed by atoms with E-state index in [-0.39, 0.29) is 12.0 Å². The summed E-state index contributed by atoms with van der Waals surface area (Å²) in [7, 11) is 0. The summed E-state index contributed by atoms with van der Waals surface area (Å²) >= 11 is 0. The number of hydrogen-bond donors (Lipinski definition) is 2. The molecule has 0 bridgehead atoms. The summed E-state index contributed by atoms with van der Waals surface area (Å²) in [6.45, 7) is 1.98. The first-order valence-corrected chi connectivity index (χ1v) is 6.61. The third kappa shape index (κ3) is 3.05. The Morgan fingerprint density at radius 1 is 1.37 bits per heavy atom. The average Bonchev–Trinajstić information content (AvgIpc) is 2.41. The monoisotopic (exact) mass is 258 g/mol. The zero-order chi connectivity index (χ0) is 13.8. The molecule has 1 aromatic carbocycles. The Morgan fingerprint density at radius 2 is 2.05 bits per heavy atom. The Kier molecular flexibility index (Phi) is 4.06. The van der Waals surface area contributed by atoms with Crippen molar-refractivity contribution in [3.05, 3.63) is 29.3 Å². The van der Waals surface area contributed by atoms with Crippen LogP contribution in [-0.4, -0.2) is 17.1 Å². The summed E-state index contributed by atoms with van der Waals surface area (Å²) in [6.07, 6.45) is 3.11. The van der Waals surface area contributed by atoms with E-state index in [2.05, 4.69) is 11.4 Å². The van der Waals surface area contributed by atoms with Gasteiger partial charge in [0.1, 0.15) is 6.07 Å². The normalized spacial score (nSPS) is 22.5. The Labute approximate surface area is 113 Å². The lowest BCUT2D eigenvalue weighted by Gasteiger charge is -2.28. The van der Waals surface area contributed by atoms with E-state index in [9.17, 15) is 4.79 Å². The number of aliphatic carboxylic acids is 1. The topological polar surface area (TPSA) is 73.1 Å². The second kappa shape index (κ2) is 5.75. The van der Waals surface area contributed by atoms with Gasteiger partial charge in [-0.25, -0.2) is 0 Å². The molecule has 0 radical (unpaired) electrons. The second-order valence-electron chi connectivity index (χ2n) is 5.14. The van der Waals surface area contributed by atoms with Crippen LogP contribution in [0.2, 0.25) is 0 Å². The predicted molar refractivity (Wildman–Crippen MR) is 72.9 cm³/mol. The molecule has 0 saturated heterocycles. The molecule has 0 aliphatic heterocycles. The number of aryl methyl sites for hydroxylation is 1. The number of carbonyl (C=O) groups is 1. The lowest BCUT2D eigenvalue weighted by atomic mass is 9.86. The highest BCUT2D eigenvalue weighted by atomic mass is 16.4. The molecular weight excluding hydrogens is 240 g/mol. The van der Waals surface area contributed by atoms with E-state index in [1.54, 1.807) is 6.07 Å². The molecule has 19 heavy (non-hydrogen) atoms. The number of nitrogens with one attached hydrogen (secondary N) is 1. The fraction of sp³-hybridized carbons (Fsp3) is 0.467. The molecule has 0 unspecified atom stereocenters. The van der Waals surface area contributed by atoms with Crippen molar-refractivity contribution < 1.29 is 9.90 Å². The number of carboxylic acid groups (broad SMARTS) is 1. The van der Waals surface area contributed by atoms with Crippen molar-refractivity contribution in [2.75, 3.05) is 5.32 Å². The molecule has 1 fully saturated rings. The van der Waals surface area contributed by atoms with Gasteiger partial charge in [-0.05, 0) is 44.2 Å². The SMILES string of the molecule is Cc1cccc(C#N)c1NC1CCC(C(=O)O)CC1. The van der Waals surface area contributed by atoms with Gasteiger partial charge in [-0.15, -0.1) is 0 Å². The van der Waals surface area contributed by atoms with E-state index >= 15 is 0 Å². The highest BCUT2D eigenvalue weighted by Gasteiger charge is 2.26. The first-order chi connectivity index (χ1) is 9.11. The molecule has 100 valence electrons. The minimum absolute atomic E-state index is 0.203. The molecule has 0 spiro atoms. The minimum Gasteiger partial charge on any atom is -0.481 e. The van der Waals surface area contributed by atoms with Crippen LogP contribution in [0.25, 0.3) is 0 Å². The predicted octanol–water partition coefficient (Wildman–Crippen LogP) is 2.92. The number of carboxylic acids is 1. The summed E-state index contributed by atoms with van der Waals surface area (Å²) in [5.41, 5.74) is 2.60. The molecule has 2 N–H and O–H groups in total. The van der Waals surface area contributed by atoms with Gasteiger partial charge in [-0.2, -0.15) is 5.26 Å². The number of anilines is 1. The van der Waals surface area contributed by atoms with Crippen molar-refractivity contribution in [1.82, 2.24) is 0 Å². The summed E-state index contributed by atoms with van der Waals surface area (Å²) in [5, 5.41) is 21.5. The van der Waals surface area contributed by atoms with Gasteiger partial charge in [0.2, 0.25) is 0 Å². The van der Waals surface area contributed by atoms with Gasteiger partial charge in [0.05, 0.1) is 17.2 Å². The van der Waals surface area contributed by atoms with Crippen LogP contribution in [0, 0.1) is 24.2 Å². The van der Waals surface area contributed by atoms with E-state index in [1.807, 2.05) is 19.1 Å². The number of nitriles is 1. The lowest BCUT2D eigenvalue weighted by Crippen LogP contribution is -2.29. The van der Waals surface area contributed by atoms with Crippen LogP contribution in [-0.2, 0) is 4.79 Å². The maximum atomic E-state index is 10.9. The summed E-state index contributed by atoms with van der Waals surface area (Å²) in [5.74, 6) is -0.891. The summed E-state index contributed by atoms with van der Waals surface area (Å²) in [4.78, 5) is 10.9. The van der Waals surface area contributed by atoms with Gasteiger partial charge in [0.25, 0.3) is 0 Å². The highest BCUT2D eigenvalue weighted by Crippen LogP contribution is 2.29. The van der Waals surface area contributed by atoms with Gasteiger partial charge >= 0.3 is 5.97 Å². The average molecular weight is 258 g/mol. The van der Waals surface area contributed by atoms with Crippen molar-refractivity contribution in [3.8, 4) is 6.07 Å². The van der Waals surface area contributed by atoms with Gasteiger partial charge in [-0.3, -0.25) is 4.79 Å². The minimum atomic E-state index is -0.688. The molecule has 2 rings (SSSR count). The molecule has 4 nitrogen and oxygen atoms in total. The Balaban J connectivity index is 2.04. The van der Waals surface area contributed by atoms with E-state index in [4.69, 9.17) is 10.4 Å². The molecule has 1 aliphatic rings. The van der Waals surface area contributed by atoms with Crippen LogP contribution in [0.3, 0.4) is 0 Å². The maximum absolute atomic E-state index is 10.9. The number of rotatable bonds is 3. The van der Waals surface area contributed by atoms with Gasteiger partial charge < -0.3 is 10.4 Å². The van der Waals surface area contributed by atoms with Crippen LogP contribution in [0.4, 0.5) is 5.69 Å². The standard InChI is InChI=1S/C15H18N2O2/c1-10-3-2-4-12(9-16)14(10)17-13-7-5-11(6-8-13)15(18)19/h2-4,11,13,17H,5-8H2,1H3,(H,18,19). The van der Waals surface area contributed by atoms with Crippen LogP contribution in [0.15, 0.2) is 18.2 Å². The second-order valence-corrected chi connectivity index (χ2v) is 5.14. The van der Waals surface area contributed by atoms with E-state index < -0.39 is 5.97 Å². The quantitative estimate of drug-likeness (QED) is 0.874. The smallest absolute Gasteiger partial charge is 0.306 e. The van der Waals surface area contributed by atoms with Crippen molar-refractivity contribution in [2.24, 2.45) is 5.92 Å². The van der Waals surface area contributed by atoms with Crippen LogP contribution >= 0.6 is 0 Å². The van der Waals surface area contributed by atoms with E-state index in [1.165, 1.54) is 0 Å². The molecule has 0 aromatic heterocycles. The molecule has 1 saturated carbocycles. The van der Waals surface area contributed by atoms with Crippen molar-refractivity contribution in [3.63, 3.8) is 0 Å². The first-order valence-electron chi connectivity index (χ1n) is 6.61. The lowest BCUT2D eigenvalue weighted by molar-refractivity contribution is -0.142. The van der Waals surface area contributed by atoms with E-state index in [0.717, 1.165) is 24.1 Å². The number of benzene rings is 1. The third-order valence-corrected chi connectivity index (χ3v) is 3.82. The fourth-order valence-corrected chi connectivity index (χ4v) is 2.64. The molecule has 0 amide bonds. The molecule has 4 heteroatoms. The number of para-hydroxylation sites is 1. The molecule has 0 atom stereocenters. The van der Waals surface area contributed by atoms with Crippen LogP contribution < -0.4 is 5.32 Å².